The van der Waals surface area contributed by atoms with E-state index >= 15 is 0 Å². The zero-order valence-corrected chi connectivity index (χ0v) is 14.1. The Balaban J connectivity index is 2.90. The van der Waals surface area contributed by atoms with Crippen LogP contribution in [0.4, 0.5) is 5.69 Å². The van der Waals surface area contributed by atoms with E-state index in [1.807, 2.05) is 21.0 Å². The fourth-order valence-corrected chi connectivity index (χ4v) is 2.56. The first kappa shape index (κ1) is 17.6. The number of amides is 1. The van der Waals surface area contributed by atoms with Gasteiger partial charge in [0.15, 0.2) is 0 Å². The Morgan fingerprint density at radius 2 is 2.00 bits per heavy atom. The van der Waals surface area contributed by atoms with E-state index < -0.39 is 4.92 Å². The molecule has 0 heterocycles. The number of nitro groups is 1. The van der Waals surface area contributed by atoms with E-state index in [-0.39, 0.29) is 16.1 Å². The number of nitrogens with zero attached hydrogens (tertiary/aromatic N) is 3. The van der Waals surface area contributed by atoms with Crippen LogP contribution in [0.15, 0.2) is 22.7 Å². The number of benzene rings is 1. The number of carbonyl (C=O) groups excluding carboxylic acids is 1. The minimum absolute atomic E-state index is 0.0924. The molecule has 1 amide bonds. The van der Waals surface area contributed by atoms with Crippen LogP contribution in [0.5, 0.6) is 0 Å². The van der Waals surface area contributed by atoms with Gasteiger partial charge in [-0.2, -0.15) is 0 Å². The molecule has 0 aliphatic carbocycles. The van der Waals surface area contributed by atoms with Crippen molar-refractivity contribution in [2.45, 2.75) is 13.3 Å². The summed E-state index contributed by atoms with van der Waals surface area (Å²) in [6.07, 6.45) is 0.860. The van der Waals surface area contributed by atoms with Crippen molar-refractivity contribution < 1.29 is 9.72 Å². The van der Waals surface area contributed by atoms with Gasteiger partial charge in [-0.15, -0.1) is 0 Å². The van der Waals surface area contributed by atoms with E-state index in [1.54, 1.807) is 11.0 Å². The van der Waals surface area contributed by atoms with Crippen LogP contribution in [-0.4, -0.2) is 54.4 Å². The monoisotopic (exact) mass is 357 g/mol. The molecule has 1 aromatic carbocycles. The smallest absolute Gasteiger partial charge is 0.284 e. The van der Waals surface area contributed by atoms with Gasteiger partial charge in [-0.25, -0.2) is 0 Å². The van der Waals surface area contributed by atoms with Crippen LogP contribution in [-0.2, 0) is 0 Å². The van der Waals surface area contributed by atoms with Crippen molar-refractivity contribution in [3.63, 3.8) is 0 Å². The summed E-state index contributed by atoms with van der Waals surface area (Å²) in [5.74, 6) is -0.188. The first-order valence-electron chi connectivity index (χ1n) is 6.75. The zero-order valence-electron chi connectivity index (χ0n) is 12.5. The molecule has 0 atom stereocenters. The summed E-state index contributed by atoms with van der Waals surface area (Å²) in [5, 5.41) is 10.9. The van der Waals surface area contributed by atoms with E-state index in [0.29, 0.717) is 18.7 Å². The second kappa shape index (κ2) is 8.09. The van der Waals surface area contributed by atoms with Crippen LogP contribution >= 0.6 is 15.9 Å². The predicted octanol–water partition coefficient (Wildman–Crippen LogP) is 2.77. The van der Waals surface area contributed by atoms with Crippen LogP contribution in [0.2, 0.25) is 0 Å². The quantitative estimate of drug-likeness (QED) is 0.555. The summed E-state index contributed by atoms with van der Waals surface area (Å²) in [4.78, 5) is 26.7. The highest BCUT2D eigenvalue weighted by atomic mass is 79.9. The maximum atomic E-state index is 12.5. The molecule has 21 heavy (non-hydrogen) atoms. The number of halogens is 1. The van der Waals surface area contributed by atoms with E-state index in [0.717, 1.165) is 13.0 Å². The summed E-state index contributed by atoms with van der Waals surface area (Å²) in [6, 6.07) is 4.51. The highest BCUT2D eigenvalue weighted by Crippen LogP contribution is 2.29. The predicted molar refractivity (Wildman–Crippen MR) is 85.5 cm³/mol. The van der Waals surface area contributed by atoms with Crippen molar-refractivity contribution >= 4 is 27.5 Å². The van der Waals surface area contributed by atoms with Gasteiger partial charge in [-0.1, -0.05) is 6.07 Å². The van der Waals surface area contributed by atoms with Crippen LogP contribution < -0.4 is 0 Å². The molecule has 0 radical (unpaired) electrons. The third kappa shape index (κ3) is 4.78. The maximum absolute atomic E-state index is 12.5. The molecular formula is C14H20BrN3O3. The van der Waals surface area contributed by atoms with Gasteiger partial charge in [0.2, 0.25) is 0 Å². The summed E-state index contributed by atoms with van der Waals surface area (Å²) >= 11 is 3.17. The van der Waals surface area contributed by atoms with Crippen molar-refractivity contribution in [2.24, 2.45) is 0 Å². The number of hydrogen-bond donors (Lipinski definition) is 0. The molecule has 0 saturated carbocycles. The normalized spacial score (nSPS) is 10.7. The lowest BCUT2D eigenvalue weighted by Crippen LogP contribution is -2.33. The Labute approximate surface area is 133 Å². The third-order valence-corrected chi connectivity index (χ3v) is 3.94. The minimum atomic E-state index is -0.497. The summed E-state index contributed by atoms with van der Waals surface area (Å²) in [7, 11) is 3.96. The number of nitro benzene ring substituents is 1. The van der Waals surface area contributed by atoms with Gasteiger partial charge in [0.25, 0.3) is 11.6 Å². The fraction of sp³-hybridized carbons (Fsp3) is 0.500. The highest BCUT2D eigenvalue weighted by molar-refractivity contribution is 9.10. The second-order valence-electron chi connectivity index (χ2n) is 4.94. The average molecular weight is 358 g/mol. The van der Waals surface area contributed by atoms with Gasteiger partial charge >= 0.3 is 0 Å². The van der Waals surface area contributed by atoms with E-state index in [4.69, 9.17) is 0 Å². The van der Waals surface area contributed by atoms with Gasteiger partial charge in [0, 0.05) is 19.2 Å². The molecule has 0 aliphatic rings. The molecule has 0 aliphatic heterocycles. The molecule has 0 spiro atoms. The Hall–Kier alpha value is -1.47. The number of carbonyl (C=O) groups is 1. The Kier molecular flexibility index (Phi) is 6.77. The first-order chi connectivity index (χ1) is 9.88. The SMILES string of the molecule is CCN(CCCN(C)C)C(=O)c1cccc([N+](=O)[O-])c1Br. The Morgan fingerprint density at radius 1 is 1.33 bits per heavy atom. The molecule has 116 valence electrons. The lowest BCUT2D eigenvalue weighted by molar-refractivity contribution is -0.385. The van der Waals surface area contributed by atoms with Gasteiger partial charge in [-0.05, 0) is 56.0 Å². The standard InChI is InChI=1S/C14H20BrN3O3/c1-4-17(10-6-9-16(2)3)14(19)11-7-5-8-12(13(11)15)18(20)21/h5,7-8H,4,6,9-10H2,1-3H3. The van der Waals surface area contributed by atoms with Crippen LogP contribution in [0.3, 0.4) is 0 Å². The Bertz CT molecular complexity index is 520. The maximum Gasteiger partial charge on any atom is 0.284 e. The third-order valence-electron chi connectivity index (χ3n) is 3.11. The molecule has 0 unspecified atom stereocenters. The largest absolute Gasteiger partial charge is 0.339 e. The average Bonchev–Trinajstić information content (AvgIpc) is 2.42. The van der Waals surface area contributed by atoms with Crippen LogP contribution in [0, 0.1) is 10.1 Å². The minimum Gasteiger partial charge on any atom is -0.339 e. The van der Waals surface area contributed by atoms with Crippen molar-refractivity contribution in [3.05, 3.63) is 38.3 Å². The molecule has 0 bridgehead atoms. The molecule has 0 N–H and O–H groups in total. The second-order valence-corrected chi connectivity index (χ2v) is 5.73. The van der Waals surface area contributed by atoms with Crippen molar-refractivity contribution in [2.75, 3.05) is 33.7 Å². The molecule has 6 nitrogen and oxygen atoms in total. The topological polar surface area (TPSA) is 66.7 Å². The highest BCUT2D eigenvalue weighted by Gasteiger charge is 2.22. The van der Waals surface area contributed by atoms with E-state index in [2.05, 4.69) is 20.8 Å². The van der Waals surface area contributed by atoms with Gasteiger partial charge in [0.05, 0.1) is 10.5 Å². The van der Waals surface area contributed by atoms with Gasteiger partial charge in [0.1, 0.15) is 4.47 Å². The van der Waals surface area contributed by atoms with Gasteiger partial charge in [-0.3, -0.25) is 14.9 Å². The van der Waals surface area contributed by atoms with E-state index in [1.165, 1.54) is 12.1 Å². The molecule has 1 rings (SSSR count). The van der Waals surface area contributed by atoms with Gasteiger partial charge < -0.3 is 9.80 Å². The summed E-state index contributed by atoms with van der Waals surface area (Å²) in [5.41, 5.74) is 0.237. The lowest BCUT2D eigenvalue weighted by atomic mass is 10.1. The van der Waals surface area contributed by atoms with Crippen LogP contribution in [0.1, 0.15) is 23.7 Å². The first-order valence-corrected chi connectivity index (χ1v) is 7.54. The molecule has 0 fully saturated rings. The zero-order chi connectivity index (χ0) is 16.0. The number of rotatable bonds is 7. The number of hydrogen-bond acceptors (Lipinski definition) is 4. The molecular weight excluding hydrogens is 338 g/mol. The lowest BCUT2D eigenvalue weighted by Gasteiger charge is -2.22. The Morgan fingerprint density at radius 3 is 2.52 bits per heavy atom. The van der Waals surface area contributed by atoms with E-state index in [9.17, 15) is 14.9 Å². The van der Waals surface area contributed by atoms with Crippen molar-refractivity contribution in [3.8, 4) is 0 Å². The molecule has 7 heteroatoms. The summed E-state index contributed by atoms with van der Waals surface area (Å²) in [6.45, 7) is 3.99. The van der Waals surface area contributed by atoms with Crippen molar-refractivity contribution in [1.29, 1.82) is 0 Å². The van der Waals surface area contributed by atoms with Crippen molar-refractivity contribution in [1.82, 2.24) is 9.80 Å². The summed E-state index contributed by atoms with van der Waals surface area (Å²) < 4.78 is 0.242. The molecule has 0 aromatic heterocycles. The molecule has 1 aromatic rings. The fourth-order valence-electron chi connectivity index (χ4n) is 1.98. The van der Waals surface area contributed by atoms with Crippen LogP contribution in [0.25, 0.3) is 0 Å². The molecule has 0 saturated heterocycles.